The molecule has 0 saturated heterocycles. The number of aryl methyl sites for hydroxylation is 2. The Morgan fingerprint density at radius 1 is 1.22 bits per heavy atom. The quantitative estimate of drug-likeness (QED) is 0.869. The van der Waals surface area contributed by atoms with Crippen molar-refractivity contribution in [3.05, 3.63) is 29.7 Å². The van der Waals surface area contributed by atoms with E-state index >= 15 is 0 Å². The lowest BCUT2D eigenvalue weighted by Gasteiger charge is -2.07. The average Bonchev–Trinajstić information content (AvgIpc) is 2.86. The number of urea groups is 1. The fourth-order valence-electron chi connectivity index (χ4n) is 1.83. The summed E-state index contributed by atoms with van der Waals surface area (Å²) in [6.45, 7) is 7.21. The van der Waals surface area contributed by atoms with Crippen LogP contribution >= 0.6 is 0 Å². The number of amides is 2. The Hall–Kier alpha value is -2.49. The van der Waals surface area contributed by atoms with Gasteiger partial charge in [-0.1, -0.05) is 0 Å². The Morgan fingerprint density at radius 3 is 2.35 bits per heavy atom. The van der Waals surface area contributed by atoms with Crippen molar-refractivity contribution in [2.45, 2.75) is 38.8 Å². The van der Waals surface area contributed by atoms with Crippen molar-refractivity contribution in [3.63, 3.8) is 0 Å². The zero-order valence-corrected chi connectivity index (χ0v) is 14.0. The highest BCUT2D eigenvalue weighted by Gasteiger charge is 2.21. The summed E-state index contributed by atoms with van der Waals surface area (Å²) >= 11 is 0. The maximum Gasteiger partial charge on any atom is 0.335 e. The van der Waals surface area contributed by atoms with Gasteiger partial charge < -0.3 is 0 Å². The van der Waals surface area contributed by atoms with Gasteiger partial charge in [-0.05, 0) is 39.8 Å². The van der Waals surface area contributed by atoms with Crippen molar-refractivity contribution in [1.82, 2.24) is 24.5 Å². The third-order valence-corrected chi connectivity index (χ3v) is 4.05. The van der Waals surface area contributed by atoms with E-state index in [2.05, 4.69) is 20.4 Å². The maximum absolute atomic E-state index is 12.1. The summed E-state index contributed by atoms with van der Waals surface area (Å²) in [5.74, 6) is 0.0305. The Balaban J connectivity index is 2.11. The van der Waals surface area contributed by atoms with Crippen molar-refractivity contribution >= 4 is 22.0 Å². The summed E-state index contributed by atoms with van der Waals surface area (Å²) in [6, 6.07) is 2.12. The van der Waals surface area contributed by atoms with Gasteiger partial charge in [0.25, 0.3) is 10.0 Å². The lowest BCUT2D eigenvalue weighted by molar-refractivity contribution is 0.256. The summed E-state index contributed by atoms with van der Waals surface area (Å²) in [6.07, 6.45) is 1.53. The maximum atomic E-state index is 12.1. The molecule has 0 radical (unpaired) electrons. The second kappa shape index (κ2) is 6.32. The molecule has 0 aliphatic heterocycles. The zero-order valence-electron chi connectivity index (χ0n) is 13.2. The summed E-state index contributed by atoms with van der Waals surface area (Å²) in [4.78, 5) is 19.9. The molecule has 2 aromatic heterocycles. The van der Waals surface area contributed by atoms with Crippen molar-refractivity contribution in [2.24, 2.45) is 0 Å². The Kier molecular flexibility index (Phi) is 4.64. The van der Waals surface area contributed by atoms with Gasteiger partial charge in [-0.3, -0.25) is 10.00 Å². The van der Waals surface area contributed by atoms with E-state index in [4.69, 9.17) is 0 Å². The first-order valence-electron chi connectivity index (χ1n) is 6.88. The van der Waals surface area contributed by atoms with Crippen LogP contribution < -0.4 is 10.0 Å². The van der Waals surface area contributed by atoms with E-state index in [0.29, 0.717) is 11.4 Å². The number of hydrogen-bond donors (Lipinski definition) is 2. The number of hydrogen-bond acceptors (Lipinski definition) is 6. The molecule has 0 saturated carbocycles. The van der Waals surface area contributed by atoms with Gasteiger partial charge in [-0.25, -0.2) is 19.5 Å². The molecule has 0 aliphatic rings. The number of anilines is 1. The van der Waals surface area contributed by atoms with Gasteiger partial charge in [0.2, 0.25) is 5.95 Å². The van der Waals surface area contributed by atoms with Crippen LogP contribution in [0.25, 0.3) is 0 Å². The molecule has 23 heavy (non-hydrogen) atoms. The SMILES string of the molecule is Cc1cc(C)nc(NC(=O)NS(=O)(=O)c2ccn(C(C)C)n2)n1. The summed E-state index contributed by atoms with van der Waals surface area (Å²) in [5.41, 5.74) is 1.32. The number of sulfonamides is 1. The highest BCUT2D eigenvalue weighted by Crippen LogP contribution is 2.09. The minimum absolute atomic E-state index is 0.0106. The first kappa shape index (κ1) is 16.9. The lowest BCUT2D eigenvalue weighted by Crippen LogP contribution is -2.35. The Labute approximate surface area is 134 Å². The number of rotatable bonds is 4. The molecule has 2 rings (SSSR count). The molecule has 0 fully saturated rings. The van der Waals surface area contributed by atoms with Gasteiger partial charge in [-0.2, -0.15) is 13.5 Å². The van der Waals surface area contributed by atoms with E-state index in [1.807, 2.05) is 18.6 Å². The molecule has 0 atom stereocenters. The number of aromatic nitrogens is 4. The molecular weight excluding hydrogens is 320 g/mol. The average molecular weight is 338 g/mol. The van der Waals surface area contributed by atoms with E-state index < -0.39 is 16.1 Å². The minimum atomic E-state index is -4.06. The number of carbonyl (C=O) groups is 1. The lowest BCUT2D eigenvalue weighted by atomic mass is 10.4. The molecule has 2 amide bonds. The van der Waals surface area contributed by atoms with E-state index in [0.717, 1.165) is 0 Å². The normalized spacial score (nSPS) is 11.5. The smallest absolute Gasteiger partial charge is 0.275 e. The molecule has 0 aromatic carbocycles. The van der Waals surface area contributed by atoms with E-state index in [1.165, 1.54) is 16.9 Å². The van der Waals surface area contributed by atoms with Gasteiger partial charge >= 0.3 is 6.03 Å². The van der Waals surface area contributed by atoms with Crippen LogP contribution in [0.3, 0.4) is 0 Å². The van der Waals surface area contributed by atoms with E-state index in [9.17, 15) is 13.2 Å². The fraction of sp³-hybridized carbons (Fsp3) is 0.385. The van der Waals surface area contributed by atoms with Gasteiger partial charge in [0.1, 0.15) is 0 Å². The second-order valence-corrected chi connectivity index (χ2v) is 6.89. The van der Waals surface area contributed by atoms with Crippen molar-refractivity contribution < 1.29 is 13.2 Å². The molecule has 124 valence electrons. The van der Waals surface area contributed by atoms with Gasteiger partial charge in [0.05, 0.1) is 0 Å². The summed E-state index contributed by atoms with van der Waals surface area (Å²) in [5, 5.41) is 5.98. The van der Waals surface area contributed by atoms with Crippen LogP contribution in [0.2, 0.25) is 0 Å². The van der Waals surface area contributed by atoms with Gasteiger partial charge in [-0.15, -0.1) is 0 Å². The van der Waals surface area contributed by atoms with Crippen LogP contribution in [0.1, 0.15) is 31.3 Å². The Bertz CT molecular complexity index is 808. The predicted octanol–water partition coefficient (Wildman–Crippen LogP) is 1.38. The van der Waals surface area contributed by atoms with Crippen LogP contribution in [0.15, 0.2) is 23.4 Å². The van der Waals surface area contributed by atoms with Crippen molar-refractivity contribution in [2.75, 3.05) is 5.32 Å². The first-order chi connectivity index (χ1) is 10.7. The molecule has 0 bridgehead atoms. The third-order valence-electron chi connectivity index (χ3n) is 2.82. The molecule has 9 nitrogen and oxygen atoms in total. The zero-order chi connectivity index (χ0) is 17.2. The van der Waals surface area contributed by atoms with Crippen LogP contribution in [0.5, 0.6) is 0 Å². The summed E-state index contributed by atoms with van der Waals surface area (Å²) in [7, 11) is -4.06. The number of nitrogens with one attached hydrogen (secondary N) is 2. The number of carbonyl (C=O) groups excluding carboxylic acids is 1. The summed E-state index contributed by atoms with van der Waals surface area (Å²) < 4.78 is 27.6. The van der Waals surface area contributed by atoms with Crippen LogP contribution in [-0.2, 0) is 10.0 Å². The standard InChI is InChI=1S/C13H18N6O3S/c1-8(2)19-6-5-11(17-19)23(21,22)18-13(20)16-12-14-9(3)7-10(4)15-12/h5-8H,1-4H3,(H2,14,15,16,18,20). The van der Waals surface area contributed by atoms with Crippen LogP contribution in [0, 0.1) is 13.8 Å². The van der Waals surface area contributed by atoms with E-state index in [1.54, 1.807) is 19.9 Å². The topological polar surface area (TPSA) is 119 Å². The minimum Gasteiger partial charge on any atom is -0.275 e. The third kappa shape index (κ3) is 4.25. The molecule has 0 spiro atoms. The van der Waals surface area contributed by atoms with Gasteiger partial charge in [0, 0.05) is 23.6 Å². The van der Waals surface area contributed by atoms with Crippen LogP contribution in [0.4, 0.5) is 10.7 Å². The molecule has 10 heteroatoms. The highest BCUT2D eigenvalue weighted by atomic mass is 32.2. The van der Waals surface area contributed by atoms with Crippen LogP contribution in [-0.4, -0.2) is 34.2 Å². The first-order valence-corrected chi connectivity index (χ1v) is 8.37. The molecule has 2 aromatic rings. The molecule has 0 aliphatic carbocycles. The highest BCUT2D eigenvalue weighted by molar-refractivity contribution is 7.90. The predicted molar refractivity (Wildman–Crippen MR) is 83.5 cm³/mol. The Morgan fingerprint density at radius 2 is 1.83 bits per heavy atom. The van der Waals surface area contributed by atoms with Crippen molar-refractivity contribution in [1.29, 1.82) is 0 Å². The second-order valence-electron chi connectivity index (χ2n) is 5.26. The van der Waals surface area contributed by atoms with Gasteiger partial charge in [0.15, 0.2) is 5.03 Å². The fourth-order valence-corrected chi connectivity index (χ4v) is 2.68. The molecule has 2 N–H and O–H groups in total. The molecule has 0 unspecified atom stereocenters. The van der Waals surface area contributed by atoms with E-state index in [-0.39, 0.29) is 17.0 Å². The van der Waals surface area contributed by atoms with Crippen molar-refractivity contribution in [3.8, 4) is 0 Å². The molecule has 2 heterocycles. The largest absolute Gasteiger partial charge is 0.335 e. The molecular formula is C13H18N6O3S. The monoisotopic (exact) mass is 338 g/mol. The number of nitrogens with zero attached hydrogens (tertiary/aromatic N) is 4.